The second kappa shape index (κ2) is 23.3. The number of carboxylic acid groups (broad SMARTS) is 1. The van der Waals surface area contributed by atoms with Crippen LogP contribution in [0, 0.1) is 12.8 Å². The van der Waals surface area contributed by atoms with Crippen LogP contribution in [0.3, 0.4) is 0 Å². The van der Waals surface area contributed by atoms with Crippen molar-refractivity contribution in [3.05, 3.63) is 23.8 Å². The van der Waals surface area contributed by atoms with Crippen molar-refractivity contribution in [3.8, 4) is 0 Å². The number of carbonyl (C=O) groups is 2. The fourth-order valence-electron chi connectivity index (χ4n) is 4.10. The molecule has 0 aliphatic carbocycles. The maximum Gasteiger partial charge on any atom is 0.307 e. The van der Waals surface area contributed by atoms with Crippen LogP contribution >= 0.6 is 0 Å². The summed E-state index contributed by atoms with van der Waals surface area (Å²) in [5.41, 5.74) is 8.81. The molecule has 0 saturated carbocycles. The van der Waals surface area contributed by atoms with Gasteiger partial charge in [-0.05, 0) is 37.1 Å². The van der Waals surface area contributed by atoms with Crippen molar-refractivity contribution in [2.45, 2.75) is 65.2 Å². The van der Waals surface area contributed by atoms with E-state index in [0.717, 1.165) is 36.2 Å². The highest BCUT2D eigenvalue weighted by Gasteiger charge is 2.21. The summed E-state index contributed by atoms with van der Waals surface area (Å²) in [6.45, 7) is 8.83. The number of rotatable bonds is 26. The molecule has 1 atom stereocenters. The number of benzene rings is 1. The van der Waals surface area contributed by atoms with Crippen molar-refractivity contribution < 1.29 is 38.4 Å². The summed E-state index contributed by atoms with van der Waals surface area (Å²) in [4.78, 5) is 25.7. The van der Waals surface area contributed by atoms with E-state index >= 15 is 0 Å². The molecule has 0 radical (unpaired) electrons. The number of nitrogen functional groups attached to an aromatic ring is 1. The van der Waals surface area contributed by atoms with Gasteiger partial charge in [0.1, 0.15) is 6.61 Å². The first-order valence-corrected chi connectivity index (χ1v) is 14.6. The van der Waals surface area contributed by atoms with Gasteiger partial charge >= 0.3 is 11.9 Å². The predicted octanol–water partition coefficient (Wildman–Crippen LogP) is 4.46. The molecule has 0 heterocycles. The van der Waals surface area contributed by atoms with Crippen molar-refractivity contribution in [3.63, 3.8) is 0 Å². The van der Waals surface area contributed by atoms with E-state index in [-0.39, 0.29) is 19.6 Å². The lowest BCUT2D eigenvalue weighted by Crippen LogP contribution is -2.31. The molecule has 0 fully saturated rings. The van der Waals surface area contributed by atoms with Crippen molar-refractivity contribution in [1.82, 2.24) is 0 Å². The highest BCUT2D eigenvalue weighted by molar-refractivity contribution is 5.78. The largest absolute Gasteiger partial charge is 0.481 e. The minimum Gasteiger partial charge on any atom is -0.481 e. The number of carbonyl (C=O) groups excluding carboxylic acids is 1. The first-order valence-electron chi connectivity index (χ1n) is 14.6. The zero-order valence-electron chi connectivity index (χ0n) is 24.9. The van der Waals surface area contributed by atoms with Gasteiger partial charge in [-0.25, -0.2) is 0 Å². The molecule has 1 unspecified atom stereocenters. The minimum absolute atomic E-state index is 0.0928. The molecule has 1 rings (SSSR count). The van der Waals surface area contributed by atoms with Gasteiger partial charge in [-0.2, -0.15) is 0 Å². The highest BCUT2D eigenvalue weighted by Crippen LogP contribution is 2.20. The summed E-state index contributed by atoms with van der Waals surface area (Å²) < 4.78 is 27.0. The van der Waals surface area contributed by atoms with E-state index in [1.807, 2.05) is 19.1 Å². The number of nitrogens with zero attached hydrogens (tertiary/aromatic N) is 1. The number of ether oxygens (including phenoxy) is 5. The van der Waals surface area contributed by atoms with Crippen molar-refractivity contribution in [2.24, 2.45) is 5.92 Å². The highest BCUT2D eigenvalue weighted by atomic mass is 16.6. The Bertz CT molecular complexity index is 808. The number of nitrogens with two attached hydrogens (primary N) is 1. The number of aryl methyl sites for hydroxylation is 1. The van der Waals surface area contributed by atoms with Gasteiger partial charge in [-0.15, -0.1) is 0 Å². The average molecular weight is 569 g/mol. The summed E-state index contributed by atoms with van der Waals surface area (Å²) in [6.07, 6.45) is 6.88. The number of hydrogen-bond donors (Lipinski definition) is 2. The summed E-state index contributed by atoms with van der Waals surface area (Å²) in [5.74, 6) is -2.13. The van der Waals surface area contributed by atoms with Gasteiger partial charge in [0.05, 0.1) is 58.6 Å². The average Bonchev–Trinajstić information content (AvgIpc) is 2.93. The van der Waals surface area contributed by atoms with Crippen molar-refractivity contribution in [2.75, 3.05) is 83.7 Å². The molecule has 0 bridgehead atoms. The number of methoxy groups -OCH3 is 1. The van der Waals surface area contributed by atoms with Crippen LogP contribution in [0.15, 0.2) is 18.2 Å². The molecular weight excluding hydrogens is 516 g/mol. The standard InChI is InChI=1S/C30H52N2O8/c1-4-5-6-7-8-9-10-26(30(34)35)24-29(33)40-22-21-39-20-19-38-16-14-32(13-15-37-18-17-36-3)27-11-12-28(31)25(2)23-27/h11-12,23,26H,4-10,13-22,24,31H2,1-3H3,(H,34,35). The Labute approximate surface area is 240 Å². The monoisotopic (exact) mass is 568 g/mol. The van der Waals surface area contributed by atoms with Crippen LogP contribution in [0.1, 0.15) is 63.9 Å². The van der Waals surface area contributed by atoms with Crippen molar-refractivity contribution >= 4 is 23.3 Å². The molecule has 1 aromatic rings. The summed E-state index contributed by atoms with van der Waals surface area (Å²) in [6, 6.07) is 5.96. The van der Waals surface area contributed by atoms with Crippen LogP contribution in [-0.2, 0) is 33.3 Å². The Morgan fingerprint density at radius 2 is 1.48 bits per heavy atom. The molecule has 0 spiro atoms. The van der Waals surface area contributed by atoms with E-state index < -0.39 is 17.9 Å². The number of anilines is 2. The summed E-state index contributed by atoms with van der Waals surface area (Å²) >= 11 is 0. The third-order valence-corrected chi connectivity index (χ3v) is 6.59. The fourth-order valence-corrected chi connectivity index (χ4v) is 4.10. The molecule has 10 heteroatoms. The Morgan fingerprint density at radius 3 is 2.10 bits per heavy atom. The molecule has 0 saturated heterocycles. The molecule has 0 amide bonds. The first kappa shape index (κ1) is 35.6. The Kier molecular flexibility index (Phi) is 20.8. The molecule has 0 aromatic heterocycles. The number of esters is 1. The summed E-state index contributed by atoms with van der Waals surface area (Å²) in [7, 11) is 1.65. The number of hydrogen-bond acceptors (Lipinski definition) is 9. The second-order valence-electron chi connectivity index (χ2n) is 9.87. The quantitative estimate of drug-likeness (QED) is 0.0938. The van der Waals surface area contributed by atoms with Gasteiger partial charge in [0.25, 0.3) is 0 Å². The molecule has 1 aromatic carbocycles. The lowest BCUT2D eigenvalue weighted by molar-refractivity contribution is -0.152. The van der Waals surface area contributed by atoms with Gasteiger partial charge in [0, 0.05) is 31.6 Å². The minimum atomic E-state index is -0.942. The van der Waals surface area contributed by atoms with Gasteiger partial charge in [-0.3, -0.25) is 9.59 Å². The Morgan fingerprint density at radius 1 is 0.875 bits per heavy atom. The predicted molar refractivity (Wildman–Crippen MR) is 157 cm³/mol. The third-order valence-electron chi connectivity index (χ3n) is 6.59. The van der Waals surface area contributed by atoms with E-state index in [2.05, 4.69) is 17.9 Å². The van der Waals surface area contributed by atoms with Gasteiger partial charge in [0.15, 0.2) is 0 Å². The SMILES string of the molecule is CCCCCCCCC(CC(=O)OCCOCCOCCN(CCOCCOC)c1ccc(N)c(C)c1)C(=O)O. The van der Waals surface area contributed by atoms with Gasteiger partial charge in [0.2, 0.25) is 0 Å². The number of unbranched alkanes of at least 4 members (excludes halogenated alkanes) is 5. The second-order valence-corrected chi connectivity index (χ2v) is 9.87. The summed E-state index contributed by atoms with van der Waals surface area (Å²) in [5, 5.41) is 9.41. The molecular formula is C30H52N2O8. The first-order chi connectivity index (χ1) is 19.4. The third kappa shape index (κ3) is 17.3. The molecule has 3 N–H and O–H groups in total. The van der Waals surface area contributed by atoms with Crippen LogP contribution in [-0.4, -0.2) is 90.1 Å². The zero-order chi connectivity index (χ0) is 29.4. The van der Waals surface area contributed by atoms with E-state index in [4.69, 9.17) is 29.4 Å². The fraction of sp³-hybridized carbons (Fsp3) is 0.733. The number of carboxylic acids is 1. The zero-order valence-corrected chi connectivity index (χ0v) is 24.9. The van der Waals surface area contributed by atoms with Gasteiger partial charge in [-0.1, -0.05) is 45.4 Å². The topological polar surface area (TPSA) is 130 Å². The van der Waals surface area contributed by atoms with Crippen LogP contribution in [0.5, 0.6) is 0 Å². The maximum absolute atomic E-state index is 12.1. The maximum atomic E-state index is 12.1. The molecule has 0 aliphatic heterocycles. The van der Waals surface area contributed by atoms with Crippen LogP contribution in [0.25, 0.3) is 0 Å². The molecule has 10 nitrogen and oxygen atoms in total. The van der Waals surface area contributed by atoms with Crippen LogP contribution in [0.2, 0.25) is 0 Å². The van der Waals surface area contributed by atoms with E-state index in [1.54, 1.807) is 7.11 Å². The molecule has 0 aliphatic rings. The Balaban J connectivity index is 2.21. The van der Waals surface area contributed by atoms with E-state index in [9.17, 15) is 14.7 Å². The van der Waals surface area contributed by atoms with Gasteiger partial charge < -0.3 is 39.4 Å². The lowest BCUT2D eigenvalue weighted by Gasteiger charge is -2.25. The van der Waals surface area contributed by atoms with Crippen LogP contribution < -0.4 is 10.6 Å². The van der Waals surface area contributed by atoms with Crippen LogP contribution in [0.4, 0.5) is 11.4 Å². The number of aliphatic carboxylic acids is 1. The van der Waals surface area contributed by atoms with E-state index in [1.165, 1.54) is 19.3 Å². The Hall–Kier alpha value is -2.40. The molecule has 40 heavy (non-hydrogen) atoms. The van der Waals surface area contributed by atoms with Crippen molar-refractivity contribution in [1.29, 1.82) is 0 Å². The normalized spacial score (nSPS) is 11.9. The van der Waals surface area contributed by atoms with E-state index in [0.29, 0.717) is 59.2 Å². The smallest absolute Gasteiger partial charge is 0.307 e. The molecule has 230 valence electrons. The lowest BCUT2D eigenvalue weighted by atomic mass is 9.97.